The molecule has 0 spiro atoms. The van der Waals surface area contributed by atoms with E-state index in [1.54, 1.807) is 12.4 Å². The van der Waals surface area contributed by atoms with Crippen molar-refractivity contribution in [2.45, 2.75) is 13.0 Å². The summed E-state index contributed by atoms with van der Waals surface area (Å²) in [6, 6.07) is 7.63. The molecular weight excluding hydrogens is 233 g/mol. The summed E-state index contributed by atoms with van der Waals surface area (Å²) < 4.78 is 2.02. The zero-order valence-corrected chi connectivity index (χ0v) is 9.15. The van der Waals surface area contributed by atoms with Gasteiger partial charge in [0.25, 0.3) is 0 Å². The van der Waals surface area contributed by atoms with Crippen molar-refractivity contribution in [3.05, 3.63) is 37.0 Å². The second-order valence-electron chi connectivity index (χ2n) is 3.11. The molecule has 1 radical (unpaired) electrons. The number of nitrogens with zero attached hydrogens (tertiary/aromatic N) is 3. The normalized spacial score (nSPS) is 9.60. The summed E-state index contributed by atoms with van der Waals surface area (Å²) in [6.45, 7) is 4.64. The minimum absolute atomic E-state index is 0. The van der Waals surface area contributed by atoms with Crippen LogP contribution in [-0.2, 0) is 23.3 Å². The van der Waals surface area contributed by atoms with Gasteiger partial charge in [0.15, 0.2) is 0 Å². The number of aryl methyl sites for hydroxylation is 1. The van der Waals surface area contributed by atoms with Crippen LogP contribution in [0.1, 0.15) is 12.0 Å². The van der Waals surface area contributed by atoms with E-state index in [9.17, 15) is 0 Å². The Bertz CT molecular complexity index is 496. The number of benzene rings is 1. The molecule has 0 amide bonds. The van der Waals surface area contributed by atoms with Crippen LogP contribution in [0.5, 0.6) is 0 Å². The van der Waals surface area contributed by atoms with Crippen molar-refractivity contribution in [2.75, 3.05) is 0 Å². The SMILES string of the molecule is [CH2-]CCn1cnc2ccc(C#N)cc21.[Co]. The predicted molar refractivity (Wildman–Crippen MR) is 54.4 cm³/mol. The number of fused-ring (bicyclic) bond motifs is 1. The van der Waals surface area contributed by atoms with Crippen molar-refractivity contribution in [1.82, 2.24) is 9.55 Å². The molecule has 79 valence electrons. The summed E-state index contributed by atoms with van der Waals surface area (Å²) in [5.74, 6) is 0. The molecule has 0 aliphatic carbocycles. The first-order valence-corrected chi connectivity index (χ1v) is 4.49. The molecule has 4 heteroatoms. The van der Waals surface area contributed by atoms with Gasteiger partial charge in [-0.3, -0.25) is 0 Å². The molecule has 15 heavy (non-hydrogen) atoms. The number of rotatable bonds is 2. The van der Waals surface area contributed by atoms with E-state index in [-0.39, 0.29) is 16.8 Å². The molecule has 0 N–H and O–H groups in total. The number of nitriles is 1. The third-order valence-corrected chi connectivity index (χ3v) is 2.15. The summed E-state index contributed by atoms with van der Waals surface area (Å²) in [4.78, 5) is 4.24. The van der Waals surface area contributed by atoms with Crippen LogP contribution in [0, 0.1) is 18.3 Å². The Morgan fingerprint density at radius 1 is 1.47 bits per heavy atom. The van der Waals surface area contributed by atoms with Gasteiger partial charge in [0, 0.05) is 16.8 Å². The first-order chi connectivity index (χ1) is 6.85. The first-order valence-electron chi connectivity index (χ1n) is 4.49. The van der Waals surface area contributed by atoms with Crippen molar-refractivity contribution < 1.29 is 16.8 Å². The van der Waals surface area contributed by atoms with E-state index in [4.69, 9.17) is 5.26 Å². The van der Waals surface area contributed by atoms with Gasteiger partial charge in [-0.15, -0.1) is 0 Å². The summed E-state index contributed by atoms with van der Waals surface area (Å²) in [5, 5.41) is 8.76. The molecular formula is C11H10CoN3-. The number of hydrogen-bond acceptors (Lipinski definition) is 2. The van der Waals surface area contributed by atoms with E-state index in [1.165, 1.54) is 0 Å². The van der Waals surface area contributed by atoms with Crippen LogP contribution in [0.2, 0.25) is 0 Å². The summed E-state index contributed by atoms with van der Waals surface area (Å²) in [7, 11) is 0. The van der Waals surface area contributed by atoms with Crippen LogP contribution in [0.15, 0.2) is 24.5 Å². The molecule has 0 aliphatic rings. The molecule has 0 saturated heterocycles. The fraction of sp³-hybridized carbons (Fsp3) is 0.182. The molecule has 0 fully saturated rings. The van der Waals surface area contributed by atoms with Crippen molar-refractivity contribution in [3.63, 3.8) is 0 Å². The van der Waals surface area contributed by atoms with Gasteiger partial charge in [0.05, 0.1) is 29.0 Å². The van der Waals surface area contributed by atoms with Crippen LogP contribution < -0.4 is 0 Å². The third kappa shape index (κ3) is 2.20. The molecule has 0 unspecified atom stereocenters. The van der Waals surface area contributed by atoms with Gasteiger partial charge < -0.3 is 11.5 Å². The topological polar surface area (TPSA) is 41.6 Å². The number of imidazole rings is 1. The van der Waals surface area contributed by atoms with Crippen molar-refractivity contribution >= 4 is 11.0 Å². The van der Waals surface area contributed by atoms with Crippen LogP contribution >= 0.6 is 0 Å². The summed E-state index contributed by atoms with van der Waals surface area (Å²) >= 11 is 0. The summed E-state index contributed by atoms with van der Waals surface area (Å²) in [5.41, 5.74) is 2.61. The van der Waals surface area contributed by atoms with E-state index >= 15 is 0 Å². The van der Waals surface area contributed by atoms with Crippen LogP contribution in [0.25, 0.3) is 11.0 Å². The van der Waals surface area contributed by atoms with E-state index in [1.807, 2.05) is 16.7 Å². The quantitative estimate of drug-likeness (QED) is 0.758. The Morgan fingerprint density at radius 2 is 2.27 bits per heavy atom. The molecule has 3 nitrogen and oxygen atoms in total. The Hall–Kier alpha value is -1.31. The molecule has 2 rings (SSSR count). The Labute approximate surface area is 98.9 Å². The largest absolute Gasteiger partial charge is 0.342 e. The average Bonchev–Trinajstić information content (AvgIpc) is 2.61. The zero-order valence-electron chi connectivity index (χ0n) is 8.11. The smallest absolute Gasteiger partial charge is 0.0992 e. The Morgan fingerprint density at radius 3 is 2.93 bits per heavy atom. The Balaban J connectivity index is 0.00000112. The van der Waals surface area contributed by atoms with Gasteiger partial charge >= 0.3 is 0 Å². The fourth-order valence-electron chi connectivity index (χ4n) is 1.47. The fourth-order valence-corrected chi connectivity index (χ4v) is 1.47. The average molecular weight is 243 g/mol. The molecule has 1 aromatic carbocycles. The van der Waals surface area contributed by atoms with Crippen LogP contribution in [-0.4, -0.2) is 9.55 Å². The van der Waals surface area contributed by atoms with Gasteiger partial charge in [-0.05, 0) is 24.7 Å². The first kappa shape index (κ1) is 11.8. The van der Waals surface area contributed by atoms with Gasteiger partial charge in [-0.2, -0.15) is 11.7 Å². The molecule has 1 aromatic heterocycles. The van der Waals surface area contributed by atoms with E-state index in [0.29, 0.717) is 5.56 Å². The van der Waals surface area contributed by atoms with Crippen LogP contribution in [0.4, 0.5) is 0 Å². The second kappa shape index (κ2) is 4.96. The minimum Gasteiger partial charge on any atom is -0.342 e. The maximum absolute atomic E-state index is 8.76. The van der Waals surface area contributed by atoms with Gasteiger partial charge in [-0.1, -0.05) is 0 Å². The minimum atomic E-state index is 0. The number of aromatic nitrogens is 2. The van der Waals surface area contributed by atoms with Crippen molar-refractivity contribution in [1.29, 1.82) is 5.26 Å². The van der Waals surface area contributed by atoms with Crippen LogP contribution in [0.3, 0.4) is 0 Å². The maximum Gasteiger partial charge on any atom is 0.0992 e. The molecule has 0 saturated carbocycles. The Kier molecular flexibility index (Phi) is 3.89. The zero-order chi connectivity index (χ0) is 9.97. The van der Waals surface area contributed by atoms with Crippen molar-refractivity contribution in [3.8, 4) is 6.07 Å². The van der Waals surface area contributed by atoms with E-state index in [0.717, 1.165) is 24.0 Å². The standard InChI is InChI=1S/C11H10N3.Co/c1-2-5-14-8-13-10-4-3-9(7-12)6-11(10)14;/h3-4,6,8H,1-2,5H2;/q-1;. The number of hydrogen-bond donors (Lipinski definition) is 0. The second-order valence-corrected chi connectivity index (χ2v) is 3.11. The third-order valence-electron chi connectivity index (χ3n) is 2.15. The molecule has 2 aromatic rings. The molecule has 1 heterocycles. The van der Waals surface area contributed by atoms with E-state index in [2.05, 4.69) is 18.0 Å². The molecule has 0 atom stereocenters. The maximum atomic E-state index is 8.76. The molecule has 0 bridgehead atoms. The van der Waals surface area contributed by atoms with Gasteiger partial charge in [-0.25, -0.2) is 4.98 Å². The molecule has 0 aliphatic heterocycles. The van der Waals surface area contributed by atoms with Gasteiger partial charge in [0.2, 0.25) is 0 Å². The predicted octanol–water partition coefficient (Wildman–Crippen LogP) is 2.13. The monoisotopic (exact) mass is 243 g/mol. The van der Waals surface area contributed by atoms with Crippen molar-refractivity contribution in [2.24, 2.45) is 0 Å². The summed E-state index contributed by atoms with van der Waals surface area (Å²) in [6.07, 6.45) is 2.61. The van der Waals surface area contributed by atoms with E-state index < -0.39 is 0 Å². The van der Waals surface area contributed by atoms with Gasteiger partial charge in [0.1, 0.15) is 0 Å².